The van der Waals surface area contributed by atoms with E-state index in [4.69, 9.17) is 16.1 Å². The van der Waals surface area contributed by atoms with Crippen molar-refractivity contribution in [3.8, 4) is 0 Å². The van der Waals surface area contributed by atoms with Gasteiger partial charge in [0.05, 0.1) is 6.54 Å². The summed E-state index contributed by atoms with van der Waals surface area (Å²) in [7, 11) is 0. The molecule has 0 saturated heterocycles. The van der Waals surface area contributed by atoms with Crippen molar-refractivity contribution >= 4 is 17.4 Å². The van der Waals surface area contributed by atoms with Gasteiger partial charge in [-0.2, -0.15) is 4.98 Å². The zero-order valence-electron chi connectivity index (χ0n) is 10.3. The van der Waals surface area contributed by atoms with Crippen LogP contribution in [0.1, 0.15) is 30.6 Å². The number of hydrogen-bond acceptors (Lipinski definition) is 6. The van der Waals surface area contributed by atoms with E-state index in [-0.39, 0.29) is 0 Å². The molecular weight excluding hydrogens is 254 g/mol. The molecule has 2 heterocycles. The highest BCUT2D eigenvalue weighted by Crippen LogP contribution is 2.21. The van der Waals surface area contributed by atoms with Crippen LogP contribution in [0.3, 0.4) is 0 Å². The van der Waals surface area contributed by atoms with Crippen LogP contribution in [0.15, 0.2) is 10.9 Å². The number of anilines is 1. The number of nitrogens with zero attached hydrogens (tertiary/aromatic N) is 4. The van der Waals surface area contributed by atoms with Crippen LogP contribution in [-0.4, -0.2) is 20.1 Å². The molecule has 0 radical (unpaired) electrons. The molecule has 2 aromatic heterocycles. The average molecular weight is 268 g/mol. The van der Waals surface area contributed by atoms with Gasteiger partial charge in [0.25, 0.3) is 0 Å². The number of halogens is 1. The fraction of sp³-hybridized carbons (Fsp3) is 0.455. The minimum absolute atomic E-state index is 0.422. The molecule has 0 aliphatic heterocycles. The smallest absolute Gasteiger partial charge is 0.245 e. The van der Waals surface area contributed by atoms with Gasteiger partial charge in [0, 0.05) is 5.56 Å². The standard InChI is InChI=1S/C11H14ClN5O/c1-3-4-8-10(12)14-6-15-11(8)13-5-9-16-7(2)17-18-9/h6H,3-5H2,1-2H3,(H,13,14,15). The molecule has 18 heavy (non-hydrogen) atoms. The number of rotatable bonds is 5. The predicted molar refractivity (Wildman–Crippen MR) is 67.4 cm³/mol. The molecule has 0 amide bonds. The van der Waals surface area contributed by atoms with E-state index in [0.717, 1.165) is 18.4 Å². The quantitative estimate of drug-likeness (QED) is 0.838. The Morgan fingerprint density at radius 2 is 2.22 bits per heavy atom. The van der Waals surface area contributed by atoms with Crippen LogP contribution in [-0.2, 0) is 13.0 Å². The SMILES string of the molecule is CCCc1c(Cl)ncnc1NCc1nc(C)no1. The van der Waals surface area contributed by atoms with Crippen LogP contribution in [0.2, 0.25) is 5.15 Å². The van der Waals surface area contributed by atoms with Crippen LogP contribution in [0.4, 0.5) is 5.82 Å². The normalized spacial score (nSPS) is 10.6. The van der Waals surface area contributed by atoms with E-state index in [1.807, 2.05) is 0 Å². The van der Waals surface area contributed by atoms with E-state index in [0.29, 0.717) is 29.2 Å². The molecule has 2 rings (SSSR count). The van der Waals surface area contributed by atoms with Crippen molar-refractivity contribution in [3.63, 3.8) is 0 Å². The lowest BCUT2D eigenvalue weighted by Crippen LogP contribution is -2.06. The summed E-state index contributed by atoms with van der Waals surface area (Å²) in [6.45, 7) is 4.27. The van der Waals surface area contributed by atoms with Crippen LogP contribution < -0.4 is 5.32 Å². The first kappa shape index (κ1) is 12.8. The molecule has 0 atom stereocenters. The molecule has 0 spiro atoms. The molecule has 0 aliphatic carbocycles. The van der Waals surface area contributed by atoms with Gasteiger partial charge in [-0.05, 0) is 13.3 Å². The third-order valence-electron chi connectivity index (χ3n) is 2.37. The van der Waals surface area contributed by atoms with Crippen LogP contribution in [0.5, 0.6) is 0 Å². The average Bonchev–Trinajstić information content (AvgIpc) is 2.76. The third kappa shape index (κ3) is 2.95. The molecule has 7 heteroatoms. The van der Waals surface area contributed by atoms with Crippen molar-refractivity contribution < 1.29 is 4.52 Å². The van der Waals surface area contributed by atoms with Gasteiger partial charge in [-0.15, -0.1) is 0 Å². The van der Waals surface area contributed by atoms with E-state index < -0.39 is 0 Å². The summed E-state index contributed by atoms with van der Waals surface area (Å²) in [6.07, 6.45) is 3.23. The zero-order chi connectivity index (χ0) is 13.0. The second-order valence-electron chi connectivity index (χ2n) is 3.83. The molecule has 1 N–H and O–H groups in total. The van der Waals surface area contributed by atoms with Crippen molar-refractivity contribution in [1.82, 2.24) is 20.1 Å². The van der Waals surface area contributed by atoms with E-state index in [1.54, 1.807) is 6.92 Å². The summed E-state index contributed by atoms with van der Waals surface area (Å²) >= 11 is 6.05. The molecule has 6 nitrogen and oxygen atoms in total. The molecule has 0 aliphatic rings. The Labute approximate surface area is 110 Å². The molecule has 96 valence electrons. The first-order valence-electron chi connectivity index (χ1n) is 5.73. The van der Waals surface area contributed by atoms with Crippen molar-refractivity contribution in [2.24, 2.45) is 0 Å². The van der Waals surface area contributed by atoms with Gasteiger partial charge in [0.2, 0.25) is 5.89 Å². The zero-order valence-corrected chi connectivity index (χ0v) is 11.0. The number of nitrogens with one attached hydrogen (secondary N) is 1. The topological polar surface area (TPSA) is 76.7 Å². The minimum atomic E-state index is 0.422. The highest BCUT2D eigenvalue weighted by Gasteiger charge is 2.10. The lowest BCUT2D eigenvalue weighted by molar-refractivity contribution is 0.379. The van der Waals surface area contributed by atoms with Crippen LogP contribution in [0.25, 0.3) is 0 Å². The molecule has 2 aromatic rings. The lowest BCUT2D eigenvalue weighted by Gasteiger charge is -2.09. The largest absolute Gasteiger partial charge is 0.361 e. The van der Waals surface area contributed by atoms with Crippen LogP contribution in [0, 0.1) is 6.92 Å². The van der Waals surface area contributed by atoms with E-state index in [1.165, 1.54) is 6.33 Å². The van der Waals surface area contributed by atoms with Crippen LogP contribution >= 0.6 is 11.6 Å². The van der Waals surface area contributed by atoms with Crippen molar-refractivity contribution in [2.75, 3.05) is 5.32 Å². The Morgan fingerprint density at radius 1 is 1.39 bits per heavy atom. The second-order valence-corrected chi connectivity index (χ2v) is 4.19. The third-order valence-corrected chi connectivity index (χ3v) is 2.70. The summed E-state index contributed by atoms with van der Waals surface area (Å²) in [6, 6.07) is 0. The maximum Gasteiger partial charge on any atom is 0.245 e. The predicted octanol–water partition coefficient (Wildman–Crippen LogP) is 2.39. The molecule has 0 bridgehead atoms. The maximum absolute atomic E-state index is 6.05. The van der Waals surface area contributed by atoms with Gasteiger partial charge < -0.3 is 9.84 Å². The van der Waals surface area contributed by atoms with E-state index in [9.17, 15) is 0 Å². The summed E-state index contributed by atoms with van der Waals surface area (Å²) in [4.78, 5) is 12.3. The first-order chi connectivity index (χ1) is 8.70. The Morgan fingerprint density at radius 3 is 2.89 bits per heavy atom. The molecule has 0 unspecified atom stereocenters. The highest BCUT2D eigenvalue weighted by atomic mass is 35.5. The lowest BCUT2D eigenvalue weighted by atomic mass is 10.2. The summed E-state index contributed by atoms with van der Waals surface area (Å²) < 4.78 is 5.02. The highest BCUT2D eigenvalue weighted by molar-refractivity contribution is 6.30. The molecular formula is C11H14ClN5O. The molecule has 0 aromatic carbocycles. The summed E-state index contributed by atoms with van der Waals surface area (Å²) in [5, 5.41) is 7.34. The van der Waals surface area contributed by atoms with Gasteiger partial charge in [0.15, 0.2) is 5.82 Å². The first-order valence-corrected chi connectivity index (χ1v) is 6.11. The Balaban J connectivity index is 2.11. The van der Waals surface area contributed by atoms with Gasteiger partial charge in [-0.25, -0.2) is 9.97 Å². The van der Waals surface area contributed by atoms with Crippen molar-refractivity contribution in [2.45, 2.75) is 33.2 Å². The van der Waals surface area contributed by atoms with Crippen molar-refractivity contribution in [1.29, 1.82) is 0 Å². The minimum Gasteiger partial charge on any atom is -0.361 e. The summed E-state index contributed by atoms with van der Waals surface area (Å²) in [5.74, 6) is 1.85. The fourth-order valence-corrected chi connectivity index (χ4v) is 1.81. The fourth-order valence-electron chi connectivity index (χ4n) is 1.59. The maximum atomic E-state index is 6.05. The van der Waals surface area contributed by atoms with Gasteiger partial charge in [0.1, 0.15) is 17.3 Å². The van der Waals surface area contributed by atoms with E-state index >= 15 is 0 Å². The van der Waals surface area contributed by atoms with Gasteiger partial charge in [-0.3, -0.25) is 0 Å². The van der Waals surface area contributed by atoms with E-state index in [2.05, 4.69) is 32.3 Å². The summed E-state index contributed by atoms with van der Waals surface area (Å²) in [5.41, 5.74) is 0.915. The molecule has 0 saturated carbocycles. The molecule has 0 fully saturated rings. The number of aryl methyl sites for hydroxylation is 1. The Kier molecular flexibility index (Phi) is 4.09. The Bertz CT molecular complexity index is 528. The van der Waals surface area contributed by atoms with Gasteiger partial charge >= 0.3 is 0 Å². The second kappa shape index (κ2) is 5.77. The number of aromatic nitrogens is 4. The Hall–Kier alpha value is -1.69. The van der Waals surface area contributed by atoms with Crippen molar-refractivity contribution in [3.05, 3.63) is 28.8 Å². The van der Waals surface area contributed by atoms with Gasteiger partial charge in [-0.1, -0.05) is 30.1 Å². The number of hydrogen-bond donors (Lipinski definition) is 1. The monoisotopic (exact) mass is 267 g/mol.